The van der Waals surface area contributed by atoms with E-state index < -0.39 is 5.97 Å². The number of carbonyl (C=O) groups is 1. The Morgan fingerprint density at radius 3 is 2.68 bits per heavy atom. The van der Waals surface area contributed by atoms with E-state index >= 15 is 0 Å². The zero-order valence-corrected chi connectivity index (χ0v) is 15.3. The van der Waals surface area contributed by atoms with Gasteiger partial charge in [0.2, 0.25) is 0 Å². The Kier molecular flexibility index (Phi) is 5.64. The summed E-state index contributed by atoms with van der Waals surface area (Å²) in [4.78, 5) is 16.4. The lowest BCUT2D eigenvalue weighted by atomic mass is 10.0. The minimum absolute atomic E-state index is 0.0110. The van der Waals surface area contributed by atoms with Crippen LogP contribution in [-0.2, 0) is 6.54 Å². The molecule has 1 unspecified atom stereocenters. The Morgan fingerprint density at radius 1 is 1.28 bits per heavy atom. The van der Waals surface area contributed by atoms with Gasteiger partial charge in [-0.25, -0.2) is 4.79 Å². The molecule has 2 fully saturated rings. The molecule has 5 nitrogen and oxygen atoms in total. The molecule has 3 rings (SSSR count). The van der Waals surface area contributed by atoms with Crippen LogP contribution < -0.4 is 0 Å². The van der Waals surface area contributed by atoms with Crippen molar-refractivity contribution in [1.82, 2.24) is 9.80 Å². The Bertz CT molecular complexity index is 613. The number of carboxylic acid groups (broad SMARTS) is 1. The van der Waals surface area contributed by atoms with E-state index in [1.54, 1.807) is 6.07 Å². The maximum Gasteiger partial charge on any atom is 0.339 e. The van der Waals surface area contributed by atoms with E-state index in [0.717, 1.165) is 44.1 Å². The third kappa shape index (κ3) is 4.73. The van der Waals surface area contributed by atoms with E-state index in [4.69, 9.17) is 0 Å². The third-order valence-corrected chi connectivity index (χ3v) is 5.49. The predicted octanol–water partition coefficient (Wildman–Crippen LogP) is 3.03. The molecule has 5 heteroatoms. The lowest BCUT2D eigenvalue weighted by molar-refractivity contribution is 0.0693. The minimum Gasteiger partial charge on any atom is -0.507 e. The van der Waals surface area contributed by atoms with Crippen LogP contribution in [0.1, 0.15) is 49.0 Å². The number of benzene rings is 1. The SMILES string of the molecule is CC(C)C1CN(Cc2ccc(O)c(C(=O)O)c2)CCCN1CC1CC1. The molecule has 1 aromatic carbocycles. The van der Waals surface area contributed by atoms with Crippen molar-refractivity contribution in [2.45, 2.75) is 45.7 Å². The number of hydrogen-bond acceptors (Lipinski definition) is 4. The normalized spacial score (nSPS) is 22.9. The molecular formula is C20H30N2O3. The molecule has 0 spiro atoms. The molecule has 0 radical (unpaired) electrons. The summed E-state index contributed by atoms with van der Waals surface area (Å²) in [7, 11) is 0. The molecule has 1 aromatic rings. The molecule has 0 aromatic heterocycles. The zero-order valence-electron chi connectivity index (χ0n) is 15.3. The number of rotatable bonds is 6. The molecule has 2 aliphatic rings. The van der Waals surface area contributed by atoms with E-state index in [9.17, 15) is 15.0 Å². The summed E-state index contributed by atoms with van der Waals surface area (Å²) in [5, 5.41) is 18.9. The van der Waals surface area contributed by atoms with Crippen LogP contribution in [0.3, 0.4) is 0 Å². The van der Waals surface area contributed by atoms with E-state index in [0.29, 0.717) is 12.0 Å². The van der Waals surface area contributed by atoms with Crippen LogP contribution in [0.4, 0.5) is 0 Å². The van der Waals surface area contributed by atoms with Crippen LogP contribution in [0, 0.1) is 11.8 Å². The molecule has 2 N–H and O–H groups in total. The van der Waals surface area contributed by atoms with Gasteiger partial charge in [-0.3, -0.25) is 9.80 Å². The van der Waals surface area contributed by atoms with E-state index in [1.165, 1.54) is 25.5 Å². The topological polar surface area (TPSA) is 64.0 Å². The van der Waals surface area contributed by atoms with Gasteiger partial charge in [0.1, 0.15) is 11.3 Å². The van der Waals surface area contributed by atoms with Gasteiger partial charge in [-0.05, 0) is 61.9 Å². The molecule has 0 bridgehead atoms. The summed E-state index contributed by atoms with van der Waals surface area (Å²) in [5.41, 5.74) is 0.941. The summed E-state index contributed by atoms with van der Waals surface area (Å²) < 4.78 is 0. The fourth-order valence-corrected chi connectivity index (χ4v) is 3.88. The maximum atomic E-state index is 11.2. The lowest BCUT2D eigenvalue weighted by Crippen LogP contribution is -2.45. The molecule has 1 aliphatic carbocycles. The molecule has 138 valence electrons. The highest BCUT2D eigenvalue weighted by molar-refractivity contribution is 5.90. The van der Waals surface area contributed by atoms with E-state index in [1.807, 2.05) is 6.07 Å². The number of carboxylic acids is 1. The Balaban J connectivity index is 1.69. The highest BCUT2D eigenvalue weighted by Gasteiger charge is 2.32. The molecule has 1 aliphatic heterocycles. The number of nitrogens with zero attached hydrogens (tertiary/aromatic N) is 2. The molecule has 0 amide bonds. The first-order valence-corrected chi connectivity index (χ1v) is 9.45. The van der Waals surface area contributed by atoms with Gasteiger partial charge in [0.15, 0.2) is 0 Å². The maximum absolute atomic E-state index is 11.2. The summed E-state index contributed by atoms with van der Waals surface area (Å²) in [6, 6.07) is 5.49. The monoisotopic (exact) mass is 346 g/mol. The van der Waals surface area contributed by atoms with Gasteiger partial charge in [-0.15, -0.1) is 0 Å². The van der Waals surface area contributed by atoms with Gasteiger partial charge in [0.05, 0.1) is 0 Å². The van der Waals surface area contributed by atoms with E-state index in [-0.39, 0.29) is 11.3 Å². The Morgan fingerprint density at radius 2 is 2.04 bits per heavy atom. The standard InChI is InChI=1S/C20H30N2O3/c1-14(2)18-13-21(8-3-9-22(18)12-15-4-5-15)11-16-6-7-19(23)17(10-16)20(24)25/h6-7,10,14-15,18,23H,3-5,8-9,11-13H2,1-2H3,(H,24,25). The second-order valence-electron chi connectivity index (χ2n) is 7.99. The van der Waals surface area contributed by atoms with Crippen molar-refractivity contribution in [1.29, 1.82) is 0 Å². The van der Waals surface area contributed by atoms with Crippen molar-refractivity contribution in [3.05, 3.63) is 29.3 Å². The Labute approximate surface area is 150 Å². The van der Waals surface area contributed by atoms with Crippen LogP contribution in [0.2, 0.25) is 0 Å². The number of phenols is 1. The average Bonchev–Trinajstić information content (AvgIpc) is 3.37. The number of aromatic hydroxyl groups is 1. The van der Waals surface area contributed by atoms with Crippen molar-refractivity contribution in [3.63, 3.8) is 0 Å². The van der Waals surface area contributed by atoms with Crippen LogP contribution in [0.15, 0.2) is 18.2 Å². The van der Waals surface area contributed by atoms with Gasteiger partial charge in [-0.2, -0.15) is 0 Å². The fraction of sp³-hybridized carbons (Fsp3) is 0.650. The van der Waals surface area contributed by atoms with Crippen molar-refractivity contribution < 1.29 is 15.0 Å². The van der Waals surface area contributed by atoms with Crippen molar-refractivity contribution in [2.24, 2.45) is 11.8 Å². The fourth-order valence-electron chi connectivity index (χ4n) is 3.88. The molecule has 1 saturated heterocycles. The first-order valence-electron chi connectivity index (χ1n) is 9.45. The van der Waals surface area contributed by atoms with Gasteiger partial charge < -0.3 is 10.2 Å². The van der Waals surface area contributed by atoms with Crippen LogP contribution in [0.25, 0.3) is 0 Å². The largest absolute Gasteiger partial charge is 0.507 e. The number of aromatic carboxylic acids is 1. The molecular weight excluding hydrogens is 316 g/mol. The Hall–Kier alpha value is -1.59. The summed E-state index contributed by atoms with van der Waals surface area (Å²) in [6.07, 6.45) is 3.92. The highest BCUT2D eigenvalue weighted by atomic mass is 16.4. The van der Waals surface area contributed by atoms with Gasteiger partial charge in [-0.1, -0.05) is 19.9 Å². The van der Waals surface area contributed by atoms with Gasteiger partial charge >= 0.3 is 5.97 Å². The van der Waals surface area contributed by atoms with Crippen LogP contribution in [-0.4, -0.2) is 58.2 Å². The molecule has 1 heterocycles. The quantitative estimate of drug-likeness (QED) is 0.829. The molecule has 1 atom stereocenters. The second-order valence-corrected chi connectivity index (χ2v) is 7.99. The number of hydrogen-bond donors (Lipinski definition) is 2. The first kappa shape index (κ1) is 18.2. The smallest absolute Gasteiger partial charge is 0.339 e. The third-order valence-electron chi connectivity index (χ3n) is 5.49. The minimum atomic E-state index is -1.08. The average molecular weight is 346 g/mol. The van der Waals surface area contributed by atoms with Crippen molar-refractivity contribution >= 4 is 5.97 Å². The predicted molar refractivity (Wildman–Crippen MR) is 97.9 cm³/mol. The molecule has 1 saturated carbocycles. The summed E-state index contributed by atoms with van der Waals surface area (Å²) >= 11 is 0. The van der Waals surface area contributed by atoms with Crippen LogP contribution >= 0.6 is 0 Å². The first-order chi connectivity index (χ1) is 11.9. The summed E-state index contributed by atoms with van der Waals surface area (Å²) in [5.74, 6) is 0.269. The summed E-state index contributed by atoms with van der Waals surface area (Å²) in [6.45, 7) is 9.79. The lowest BCUT2D eigenvalue weighted by Gasteiger charge is -2.34. The van der Waals surface area contributed by atoms with Gasteiger partial charge in [0.25, 0.3) is 0 Å². The van der Waals surface area contributed by atoms with Crippen LogP contribution in [0.5, 0.6) is 5.75 Å². The van der Waals surface area contributed by atoms with Crippen molar-refractivity contribution in [2.75, 3.05) is 26.2 Å². The zero-order chi connectivity index (χ0) is 18.0. The van der Waals surface area contributed by atoms with Crippen molar-refractivity contribution in [3.8, 4) is 5.75 Å². The highest BCUT2D eigenvalue weighted by Crippen LogP contribution is 2.32. The molecule has 25 heavy (non-hydrogen) atoms. The van der Waals surface area contributed by atoms with Gasteiger partial charge in [0, 0.05) is 25.7 Å². The van der Waals surface area contributed by atoms with E-state index in [2.05, 4.69) is 23.6 Å². The second kappa shape index (κ2) is 7.75.